The molecular formula is C12H17Br2NO. The normalized spacial score (nSPS) is 12.8. The lowest BCUT2D eigenvalue weighted by atomic mass is 10.1. The van der Waals surface area contributed by atoms with Gasteiger partial charge in [-0.05, 0) is 31.2 Å². The molecule has 0 amide bonds. The predicted molar refractivity (Wildman–Crippen MR) is 74.8 cm³/mol. The van der Waals surface area contributed by atoms with Gasteiger partial charge in [-0.2, -0.15) is 0 Å². The predicted octanol–water partition coefficient (Wildman–Crippen LogP) is 3.90. The monoisotopic (exact) mass is 349 g/mol. The van der Waals surface area contributed by atoms with Crippen LogP contribution in [0.5, 0.6) is 0 Å². The third kappa shape index (κ3) is 4.17. The average molecular weight is 351 g/mol. The standard InChI is InChI=1S/C12H17Br2NO/c1-3-15-12(8-16-4-2)10-6-5-9(13)7-11(10)14/h5-7,12,15H,3-4,8H2,1-2H3. The zero-order valence-electron chi connectivity index (χ0n) is 9.59. The van der Waals surface area contributed by atoms with Crippen LogP contribution < -0.4 is 5.32 Å². The molecule has 0 fully saturated rings. The van der Waals surface area contributed by atoms with Crippen molar-refractivity contribution in [3.8, 4) is 0 Å². The van der Waals surface area contributed by atoms with Gasteiger partial charge in [-0.3, -0.25) is 0 Å². The quantitative estimate of drug-likeness (QED) is 0.840. The van der Waals surface area contributed by atoms with Gasteiger partial charge < -0.3 is 10.1 Å². The van der Waals surface area contributed by atoms with Gasteiger partial charge in [0.25, 0.3) is 0 Å². The molecule has 1 N–H and O–H groups in total. The molecule has 16 heavy (non-hydrogen) atoms. The Morgan fingerprint density at radius 3 is 2.62 bits per heavy atom. The molecular weight excluding hydrogens is 334 g/mol. The zero-order chi connectivity index (χ0) is 12.0. The second kappa shape index (κ2) is 7.43. The smallest absolute Gasteiger partial charge is 0.0661 e. The second-order valence-electron chi connectivity index (χ2n) is 3.44. The Kier molecular flexibility index (Phi) is 6.58. The Hall–Kier alpha value is 0.1000. The fourth-order valence-corrected chi connectivity index (χ4v) is 2.85. The van der Waals surface area contributed by atoms with E-state index in [1.54, 1.807) is 0 Å². The zero-order valence-corrected chi connectivity index (χ0v) is 12.8. The summed E-state index contributed by atoms with van der Waals surface area (Å²) in [5.41, 5.74) is 1.23. The highest BCUT2D eigenvalue weighted by Crippen LogP contribution is 2.27. The van der Waals surface area contributed by atoms with Gasteiger partial charge in [0.1, 0.15) is 0 Å². The van der Waals surface area contributed by atoms with Crippen molar-refractivity contribution in [2.45, 2.75) is 19.9 Å². The Bertz CT molecular complexity index is 331. The van der Waals surface area contributed by atoms with Crippen LogP contribution in [0.4, 0.5) is 0 Å². The third-order valence-electron chi connectivity index (χ3n) is 2.28. The molecule has 90 valence electrons. The summed E-state index contributed by atoms with van der Waals surface area (Å²) in [6.45, 7) is 6.49. The number of hydrogen-bond acceptors (Lipinski definition) is 2. The average Bonchev–Trinajstić information content (AvgIpc) is 2.25. The van der Waals surface area contributed by atoms with Crippen molar-refractivity contribution in [1.29, 1.82) is 0 Å². The van der Waals surface area contributed by atoms with Crippen molar-refractivity contribution in [1.82, 2.24) is 5.32 Å². The lowest BCUT2D eigenvalue weighted by Gasteiger charge is -2.19. The van der Waals surface area contributed by atoms with E-state index < -0.39 is 0 Å². The molecule has 1 unspecified atom stereocenters. The van der Waals surface area contributed by atoms with Crippen LogP contribution in [0.25, 0.3) is 0 Å². The van der Waals surface area contributed by atoms with Gasteiger partial charge in [0, 0.05) is 15.6 Å². The molecule has 0 aliphatic heterocycles. The Labute approximate surface area is 114 Å². The summed E-state index contributed by atoms with van der Waals surface area (Å²) in [6.07, 6.45) is 0. The molecule has 0 spiro atoms. The number of nitrogens with one attached hydrogen (secondary N) is 1. The van der Waals surface area contributed by atoms with Gasteiger partial charge in [0.2, 0.25) is 0 Å². The molecule has 0 bridgehead atoms. The van der Waals surface area contributed by atoms with Gasteiger partial charge in [0.15, 0.2) is 0 Å². The molecule has 0 aliphatic rings. The molecule has 0 saturated carbocycles. The van der Waals surface area contributed by atoms with Crippen molar-refractivity contribution in [2.75, 3.05) is 19.8 Å². The molecule has 1 atom stereocenters. The molecule has 0 aliphatic carbocycles. The van der Waals surface area contributed by atoms with Crippen molar-refractivity contribution in [2.24, 2.45) is 0 Å². The van der Waals surface area contributed by atoms with Crippen molar-refractivity contribution in [3.63, 3.8) is 0 Å². The Morgan fingerprint density at radius 1 is 1.31 bits per heavy atom. The first-order valence-electron chi connectivity index (χ1n) is 5.45. The number of ether oxygens (including phenoxy) is 1. The molecule has 1 rings (SSSR count). The molecule has 4 heteroatoms. The summed E-state index contributed by atoms with van der Waals surface area (Å²) in [5, 5.41) is 3.42. The number of halogens is 2. The van der Waals surface area contributed by atoms with Crippen molar-refractivity contribution in [3.05, 3.63) is 32.7 Å². The molecule has 2 nitrogen and oxygen atoms in total. The van der Waals surface area contributed by atoms with Crippen molar-refractivity contribution >= 4 is 31.9 Å². The van der Waals surface area contributed by atoms with Crippen molar-refractivity contribution < 1.29 is 4.74 Å². The van der Waals surface area contributed by atoms with E-state index >= 15 is 0 Å². The SMILES string of the molecule is CCNC(COCC)c1ccc(Br)cc1Br. The van der Waals surface area contributed by atoms with Crippen LogP contribution in [-0.2, 0) is 4.74 Å². The van der Waals surface area contributed by atoms with Crippen LogP contribution in [0, 0.1) is 0 Å². The first-order valence-corrected chi connectivity index (χ1v) is 7.03. The molecule has 0 heterocycles. The van der Waals surface area contributed by atoms with E-state index in [4.69, 9.17) is 4.74 Å². The highest BCUT2D eigenvalue weighted by molar-refractivity contribution is 9.11. The molecule has 1 aromatic rings. The molecule has 1 aromatic carbocycles. The van der Waals surface area contributed by atoms with E-state index in [0.29, 0.717) is 6.61 Å². The molecule has 0 saturated heterocycles. The summed E-state index contributed by atoms with van der Waals surface area (Å²) in [7, 11) is 0. The van der Waals surface area contributed by atoms with Gasteiger partial charge in [-0.15, -0.1) is 0 Å². The van der Waals surface area contributed by atoms with Crippen LogP contribution in [0.15, 0.2) is 27.1 Å². The van der Waals surface area contributed by atoms with E-state index in [-0.39, 0.29) is 6.04 Å². The second-order valence-corrected chi connectivity index (χ2v) is 5.21. The Balaban J connectivity index is 2.82. The van der Waals surface area contributed by atoms with E-state index in [1.165, 1.54) is 5.56 Å². The Morgan fingerprint density at radius 2 is 2.06 bits per heavy atom. The summed E-state index contributed by atoms with van der Waals surface area (Å²) >= 11 is 7.04. The van der Waals surface area contributed by atoms with Gasteiger partial charge >= 0.3 is 0 Å². The lowest BCUT2D eigenvalue weighted by Crippen LogP contribution is -2.25. The minimum atomic E-state index is 0.243. The topological polar surface area (TPSA) is 21.3 Å². The summed E-state index contributed by atoms with van der Waals surface area (Å²) in [4.78, 5) is 0. The first kappa shape index (κ1) is 14.2. The van der Waals surface area contributed by atoms with Gasteiger partial charge in [-0.25, -0.2) is 0 Å². The maximum atomic E-state index is 5.49. The number of hydrogen-bond donors (Lipinski definition) is 1. The maximum Gasteiger partial charge on any atom is 0.0661 e. The third-order valence-corrected chi connectivity index (χ3v) is 3.46. The number of benzene rings is 1. The first-order chi connectivity index (χ1) is 7.69. The number of likely N-dealkylation sites (N-methyl/N-ethyl adjacent to an activating group) is 1. The fraction of sp³-hybridized carbons (Fsp3) is 0.500. The summed E-state index contributed by atoms with van der Waals surface area (Å²) in [5.74, 6) is 0. The van der Waals surface area contributed by atoms with Crippen LogP contribution in [-0.4, -0.2) is 19.8 Å². The minimum absolute atomic E-state index is 0.243. The fourth-order valence-electron chi connectivity index (χ4n) is 1.52. The van der Waals surface area contributed by atoms with Gasteiger partial charge in [-0.1, -0.05) is 44.8 Å². The van der Waals surface area contributed by atoms with E-state index in [1.807, 2.05) is 6.92 Å². The van der Waals surface area contributed by atoms with Crippen LogP contribution in [0.2, 0.25) is 0 Å². The van der Waals surface area contributed by atoms with Crippen LogP contribution >= 0.6 is 31.9 Å². The van der Waals surface area contributed by atoms with Gasteiger partial charge in [0.05, 0.1) is 12.6 Å². The maximum absolute atomic E-state index is 5.49. The van der Waals surface area contributed by atoms with E-state index in [0.717, 1.165) is 22.1 Å². The minimum Gasteiger partial charge on any atom is -0.380 e. The van der Waals surface area contributed by atoms with Crippen LogP contribution in [0.3, 0.4) is 0 Å². The lowest BCUT2D eigenvalue weighted by molar-refractivity contribution is 0.123. The summed E-state index contributed by atoms with van der Waals surface area (Å²) in [6, 6.07) is 6.47. The molecule has 0 aromatic heterocycles. The van der Waals surface area contributed by atoms with E-state index in [9.17, 15) is 0 Å². The largest absolute Gasteiger partial charge is 0.380 e. The van der Waals surface area contributed by atoms with E-state index in [2.05, 4.69) is 62.3 Å². The highest BCUT2D eigenvalue weighted by atomic mass is 79.9. The highest BCUT2D eigenvalue weighted by Gasteiger charge is 2.13. The number of rotatable bonds is 6. The van der Waals surface area contributed by atoms with Crippen LogP contribution in [0.1, 0.15) is 25.5 Å². The summed E-state index contributed by atoms with van der Waals surface area (Å²) < 4.78 is 7.68. The molecule has 0 radical (unpaired) electrons.